The molecular formula is C13H11N3O3. The minimum absolute atomic E-state index is 0.0315. The molecule has 1 aromatic heterocycles. The Bertz CT molecular complexity index is 623. The van der Waals surface area contributed by atoms with Gasteiger partial charge in [0.15, 0.2) is 17.3 Å². The number of benzene rings is 1. The maximum absolute atomic E-state index is 11.2. The maximum atomic E-state index is 11.2. The fourth-order valence-electron chi connectivity index (χ4n) is 1.48. The van der Waals surface area contributed by atoms with Crippen molar-refractivity contribution in [3.05, 3.63) is 47.7 Å². The quantitative estimate of drug-likeness (QED) is 0.815. The molecule has 0 spiro atoms. The molecule has 0 fully saturated rings. The molecular weight excluding hydrogens is 246 g/mol. The molecule has 6 nitrogen and oxygen atoms in total. The molecule has 0 aliphatic rings. The minimum atomic E-state index is -1.13. The predicted octanol–water partition coefficient (Wildman–Crippen LogP) is 2.12. The van der Waals surface area contributed by atoms with Gasteiger partial charge in [-0.05, 0) is 31.2 Å². The van der Waals surface area contributed by atoms with E-state index >= 15 is 0 Å². The van der Waals surface area contributed by atoms with Crippen LogP contribution in [-0.4, -0.2) is 27.1 Å². The van der Waals surface area contributed by atoms with E-state index < -0.39 is 5.97 Å². The summed E-state index contributed by atoms with van der Waals surface area (Å²) < 4.78 is 0. The number of anilines is 2. The van der Waals surface area contributed by atoms with E-state index in [0.717, 1.165) is 0 Å². The van der Waals surface area contributed by atoms with Crippen molar-refractivity contribution in [3.63, 3.8) is 0 Å². The third-order valence-corrected chi connectivity index (χ3v) is 2.43. The van der Waals surface area contributed by atoms with E-state index in [0.29, 0.717) is 17.1 Å². The van der Waals surface area contributed by atoms with Crippen LogP contribution in [0.15, 0.2) is 36.4 Å². The Labute approximate surface area is 109 Å². The van der Waals surface area contributed by atoms with Crippen LogP contribution in [0.2, 0.25) is 0 Å². The third-order valence-electron chi connectivity index (χ3n) is 2.43. The van der Waals surface area contributed by atoms with Gasteiger partial charge in [-0.25, -0.2) is 4.79 Å². The van der Waals surface area contributed by atoms with Gasteiger partial charge in [0.05, 0.1) is 0 Å². The van der Waals surface area contributed by atoms with E-state index in [9.17, 15) is 9.59 Å². The number of carboxylic acids is 1. The lowest BCUT2D eigenvalue weighted by atomic mass is 10.1. The Morgan fingerprint density at radius 3 is 2.53 bits per heavy atom. The van der Waals surface area contributed by atoms with Gasteiger partial charge in [-0.3, -0.25) is 4.79 Å². The molecule has 1 aromatic carbocycles. The number of aromatic nitrogens is 2. The number of nitrogens with zero attached hydrogens (tertiary/aromatic N) is 2. The van der Waals surface area contributed by atoms with Gasteiger partial charge in [0.25, 0.3) is 0 Å². The molecule has 2 N–H and O–H groups in total. The number of aromatic carboxylic acids is 1. The van der Waals surface area contributed by atoms with Crippen LogP contribution in [-0.2, 0) is 0 Å². The molecule has 0 aliphatic carbocycles. The number of ketones is 1. The van der Waals surface area contributed by atoms with Crippen molar-refractivity contribution in [2.75, 3.05) is 5.32 Å². The number of hydrogen-bond donors (Lipinski definition) is 2. The highest BCUT2D eigenvalue weighted by Gasteiger charge is 2.06. The normalized spacial score (nSPS) is 9.95. The molecule has 0 saturated heterocycles. The topological polar surface area (TPSA) is 92.2 Å². The van der Waals surface area contributed by atoms with Crippen molar-refractivity contribution in [2.24, 2.45) is 0 Å². The van der Waals surface area contributed by atoms with Gasteiger partial charge in [0.1, 0.15) is 0 Å². The Balaban J connectivity index is 2.19. The molecule has 0 bridgehead atoms. The summed E-state index contributed by atoms with van der Waals surface area (Å²) in [4.78, 5) is 21.9. The van der Waals surface area contributed by atoms with Gasteiger partial charge in [-0.15, -0.1) is 10.2 Å². The standard InChI is InChI=1S/C13H11N3O3/c1-8(17)9-3-2-4-10(7-9)14-12-6-5-11(13(18)19)15-16-12/h2-7H,1H3,(H,14,16)(H,18,19). The molecule has 19 heavy (non-hydrogen) atoms. The number of rotatable bonds is 4. The zero-order chi connectivity index (χ0) is 13.8. The Morgan fingerprint density at radius 2 is 1.95 bits per heavy atom. The molecule has 2 aromatic rings. The number of Topliss-reactive ketones (excluding diaryl/α,β-unsaturated/α-hetero) is 1. The van der Waals surface area contributed by atoms with E-state index in [1.54, 1.807) is 24.3 Å². The van der Waals surface area contributed by atoms with E-state index in [4.69, 9.17) is 5.11 Å². The molecule has 0 atom stereocenters. The molecule has 1 heterocycles. The van der Waals surface area contributed by atoms with Gasteiger partial charge in [-0.1, -0.05) is 12.1 Å². The molecule has 0 aliphatic heterocycles. The van der Waals surface area contributed by atoms with Crippen LogP contribution >= 0.6 is 0 Å². The van der Waals surface area contributed by atoms with Crippen molar-refractivity contribution in [1.82, 2.24) is 10.2 Å². The van der Waals surface area contributed by atoms with Gasteiger partial charge in [0, 0.05) is 11.3 Å². The van der Waals surface area contributed by atoms with Crippen LogP contribution in [0.25, 0.3) is 0 Å². The van der Waals surface area contributed by atoms with E-state index in [1.165, 1.54) is 19.1 Å². The predicted molar refractivity (Wildman–Crippen MR) is 68.7 cm³/mol. The minimum Gasteiger partial charge on any atom is -0.476 e. The summed E-state index contributed by atoms with van der Waals surface area (Å²) in [6.45, 7) is 1.49. The van der Waals surface area contributed by atoms with Crippen molar-refractivity contribution < 1.29 is 14.7 Å². The highest BCUT2D eigenvalue weighted by Crippen LogP contribution is 2.16. The fraction of sp³-hybridized carbons (Fsp3) is 0.0769. The summed E-state index contributed by atoms with van der Waals surface area (Å²) in [6.07, 6.45) is 0. The molecule has 0 amide bonds. The number of carboxylic acid groups (broad SMARTS) is 1. The molecule has 2 rings (SSSR count). The largest absolute Gasteiger partial charge is 0.476 e. The average molecular weight is 257 g/mol. The highest BCUT2D eigenvalue weighted by molar-refractivity contribution is 5.95. The van der Waals surface area contributed by atoms with Crippen molar-refractivity contribution in [1.29, 1.82) is 0 Å². The second-order valence-corrected chi connectivity index (χ2v) is 3.87. The van der Waals surface area contributed by atoms with Crippen molar-refractivity contribution in [3.8, 4) is 0 Å². The number of nitrogens with one attached hydrogen (secondary N) is 1. The number of carbonyl (C=O) groups excluding carboxylic acids is 1. The summed E-state index contributed by atoms with van der Waals surface area (Å²) in [6, 6.07) is 9.79. The maximum Gasteiger partial charge on any atom is 0.356 e. The van der Waals surface area contributed by atoms with Gasteiger partial charge >= 0.3 is 5.97 Å². The summed E-state index contributed by atoms with van der Waals surface area (Å²) in [7, 11) is 0. The molecule has 0 radical (unpaired) electrons. The van der Waals surface area contributed by atoms with E-state index in [-0.39, 0.29) is 11.5 Å². The lowest BCUT2D eigenvalue weighted by molar-refractivity contribution is 0.0689. The van der Waals surface area contributed by atoms with Gasteiger partial charge in [-0.2, -0.15) is 0 Å². The van der Waals surface area contributed by atoms with Gasteiger partial charge < -0.3 is 10.4 Å². The second-order valence-electron chi connectivity index (χ2n) is 3.87. The fourth-order valence-corrected chi connectivity index (χ4v) is 1.48. The summed E-state index contributed by atoms with van der Waals surface area (Å²) >= 11 is 0. The van der Waals surface area contributed by atoms with E-state index in [1.807, 2.05) is 0 Å². The van der Waals surface area contributed by atoms with Crippen LogP contribution in [0, 0.1) is 0 Å². The van der Waals surface area contributed by atoms with Crippen LogP contribution in [0.4, 0.5) is 11.5 Å². The zero-order valence-corrected chi connectivity index (χ0v) is 10.1. The van der Waals surface area contributed by atoms with Crippen molar-refractivity contribution >= 4 is 23.3 Å². The highest BCUT2D eigenvalue weighted by atomic mass is 16.4. The summed E-state index contributed by atoms with van der Waals surface area (Å²) in [5.74, 6) is -0.751. The first-order valence-electron chi connectivity index (χ1n) is 5.51. The first-order valence-corrected chi connectivity index (χ1v) is 5.51. The number of hydrogen-bond acceptors (Lipinski definition) is 5. The number of carbonyl (C=O) groups is 2. The lowest BCUT2D eigenvalue weighted by Gasteiger charge is -2.06. The Morgan fingerprint density at radius 1 is 1.16 bits per heavy atom. The first-order chi connectivity index (χ1) is 9.06. The molecule has 6 heteroatoms. The summed E-state index contributed by atoms with van der Waals surface area (Å²) in [5.41, 5.74) is 1.15. The summed E-state index contributed by atoms with van der Waals surface area (Å²) in [5, 5.41) is 18.9. The smallest absolute Gasteiger partial charge is 0.356 e. The molecule has 0 saturated carbocycles. The van der Waals surface area contributed by atoms with Gasteiger partial charge in [0.2, 0.25) is 0 Å². The third kappa shape index (κ3) is 3.12. The van der Waals surface area contributed by atoms with Crippen molar-refractivity contribution in [2.45, 2.75) is 6.92 Å². The zero-order valence-electron chi connectivity index (χ0n) is 10.1. The van der Waals surface area contributed by atoms with Crippen LogP contribution in [0.5, 0.6) is 0 Å². The first kappa shape index (κ1) is 12.7. The SMILES string of the molecule is CC(=O)c1cccc(Nc2ccc(C(=O)O)nn2)c1. The Kier molecular flexibility index (Phi) is 3.51. The molecule has 96 valence electrons. The van der Waals surface area contributed by atoms with Crippen LogP contribution < -0.4 is 5.32 Å². The molecule has 0 unspecified atom stereocenters. The van der Waals surface area contributed by atoms with E-state index in [2.05, 4.69) is 15.5 Å². The average Bonchev–Trinajstić information content (AvgIpc) is 2.39. The second kappa shape index (κ2) is 5.26. The monoisotopic (exact) mass is 257 g/mol. The van der Waals surface area contributed by atoms with Crippen LogP contribution in [0.3, 0.4) is 0 Å². The Hall–Kier alpha value is -2.76. The lowest BCUT2D eigenvalue weighted by Crippen LogP contribution is -2.03. The van der Waals surface area contributed by atoms with Crippen LogP contribution in [0.1, 0.15) is 27.8 Å².